The molecule has 1 aliphatic rings. The second kappa shape index (κ2) is 5.06. The standard InChI is InChI=1S/C4H5NO2.C3H3O2/c6-3-1-2-4(7)5-3;1-2-3(4)5/h1-2H2,(H,5,6,7);2H,1H2. The fourth-order valence-corrected chi connectivity index (χ4v) is 0.508. The van der Waals surface area contributed by atoms with Gasteiger partial charge >= 0.3 is 5.97 Å². The molecule has 0 aliphatic carbocycles. The molecule has 1 fully saturated rings. The van der Waals surface area contributed by atoms with E-state index >= 15 is 0 Å². The Labute approximate surface area is 69.1 Å². The minimum atomic E-state index is -1.23. The third-order valence-electron chi connectivity index (χ3n) is 1.02. The van der Waals surface area contributed by atoms with E-state index in [9.17, 15) is 9.59 Å². The van der Waals surface area contributed by atoms with Crippen LogP contribution in [0.2, 0.25) is 0 Å². The first-order valence-corrected chi connectivity index (χ1v) is 3.22. The molecule has 1 saturated heterocycles. The van der Waals surface area contributed by atoms with E-state index in [4.69, 9.17) is 9.90 Å². The number of hydrogen-bond donors (Lipinski definition) is 1. The van der Waals surface area contributed by atoms with E-state index in [1.54, 1.807) is 0 Å². The van der Waals surface area contributed by atoms with E-state index in [0.29, 0.717) is 12.8 Å². The summed E-state index contributed by atoms with van der Waals surface area (Å²) in [5.41, 5.74) is 0. The van der Waals surface area contributed by atoms with Crippen molar-refractivity contribution in [3.05, 3.63) is 12.7 Å². The molecule has 0 aromatic carbocycles. The highest BCUT2D eigenvalue weighted by Crippen LogP contribution is 1.95. The van der Waals surface area contributed by atoms with Gasteiger partial charge in [0.15, 0.2) is 0 Å². The van der Waals surface area contributed by atoms with Crippen molar-refractivity contribution in [3.8, 4) is 0 Å². The first-order chi connectivity index (χ1) is 5.56. The highest BCUT2D eigenvalue weighted by atomic mass is 16.4. The van der Waals surface area contributed by atoms with Crippen molar-refractivity contribution in [2.45, 2.75) is 12.8 Å². The Kier molecular flexibility index (Phi) is 4.36. The van der Waals surface area contributed by atoms with E-state index in [2.05, 4.69) is 11.9 Å². The Morgan fingerprint density at radius 1 is 1.33 bits per heavy atom. The Morgan fingerprint density at radius 2 is 1.67 bits per heavy atom. The lowest BCUT2D eigenvalue weighted by molar-refractivity contribution is -0.137. The lowest BCUT2D eigenvalue weighted by Gasteiger charge is -1.79. The average Bonchev–Trinajstić information content (AvgIpc) is 2.36. The number of amides is 2. The molecule has 5 nitrogen and oxygen atoms in total. The van der Waals surface area contributed by atoms with E-state index in [1.165, 1.54) is 0 Å². The van der Waals surface area contributed by atoms with E-state index in [1.807, 2.05) is 0 Å². The topological polar surface area (TPSA) is 83.1 Å². The Morgan fingerprint density at radius 3 is 1.75 bits per heavy atom. The van der Waals surface area contributed by atoms with Gasteiger partial charge in [-0.1, -0.05) is 6.58 Å². The molecule has 0 unspecified atom stereocenters. The zero-order chi connectivity index (χ0) is 9.56. The van der Waals surface area contributed by atoms with Crippen LogP contribution in [-0.4, -0.2) is 17.8 Å². The lowest BCUT2D eigenvalue weighted by Crippen LogP contribution is -2.18. The Hall–Kier alpha value is -1.65. The molecule has 2 amide bonds. The molecule has 65 valence electrons. The molecular formula is C7H8NO4. The first kappa shape index (κ1) is 10.3. The van der Waals surface area contributed by atoms with Gasteiger partial charge in [0, 0.05) is 18.9 Å². The van der Waals surface area contributed by atoms with Gasteiger partial charge in [0.05, 0.1) is 0 Å². The van der Waals surface area contributed by atoms with Gasteiger partial charge in [0.2, 0.25) is 11.8 Å². The van der Waals surface area contributed by atoms with Crippen molar-refractivity contribution in [2.75, 3.05) is 0 Å². The zero-order valence-electron chi connectivity index (χ0n) is 6.33. The predicted molar refractivity (Wildman–Crippen MR) is 38.3 cm³/mol. The summed E-state index contributed by atoms with van der Waals surface area (Å²) in [7, 11) is 0. The van der Waals surface area contributed by atoms with Crippen LogP contribution in [0.3, 0.4) is 0 Å². The van der Waals surface area contributed by atoms with Crippen LogP contribution >= 0.6 is 0 Å². The highest BCUT2D eigenvalue weighted by molar-refractivity contribution is 6.01. The van der Waals surface area contributed by atoms with Crippen LogP contribution in [0, 0.1) is 0 Å². The largest absolute Gasteiger partial charge is 0.378 e. The SMILES string of the molecule is C=CC([O])=O.O=C1CCC(=O)N1. The van der Waals surface area contributed by atoms with Gasteiger partial charge in [-0.25, -0.2) is 9.90 Å². The van der Waals surface area contributed by atoms with Crippen LogP contribution < -0.4 is 5.32 Å². The molecule has 5 heteroatoms. The van der Waals surface area contributed by atoms with Crippen LogP contribution in [0.15, 0.2) is 12.7 Å². The van der Waals surface area contributed by atoms with Gasteiger partial charge in [-0.3, -0.25) is 14.9 Å². The van der Waals surface area contributed by atoms with Crippen molar-refractivity contribution in [2.24, 2.45) is 0 Å². The predicted octanol–water partition coefficient (Wildman–Crippen LogP) is -0.448. The molecule has 1 rings (SSSR count). The number of nitrogens with one attached hydrogen (secondary N) is 1. The summed E-state index contributed by atoms with van der Waals surface area (Å²) >= 11 is 0. The summed E-state index contributed by atoms with van der Waals surface area (Å²) in [6.07, 6.45) is 1.47. The maximum atomic E-state index is 10.1. The van der Waals surface area contributed by atoms with Crippen molar-refractivity contribution in [1.29, 1.82) is 0 Å². The van der Waals surface area contributed by atoms with Gasteiger partial charge in [-0.15, -0.1) is 0 Å². The van der Waals surface area contributed by atoms with E-state index in [-0.39, 0.29) is 11.8 Å². The maximum Gasteiger partial charge on any atom is 0.378 e. The number of imide groups is 1. The number of rotatable bonds is 1. The Balaban J connectivity index is 0.000000217. The number of carbonyl (C=O) groups is 3. The molecular weight excluding hydrogens is 162 g/mol. The van der Waals surface area contributed by atoms with Crippen LogP contribution in [0.5, 0.6) is 0 Å². The molecule has 1 aliphatic heterocycles. The summed E-state index contributed by atoms with van der Waals surface area (Å²) < 4.78 is 0. The second-order valence-corrected chi connectivity index (χ2v) is 1.99. The molecule has 12 heavy (non-hydrogen) atoms. The smallest absolute Gasteiger partial charge is 0.296 e. The molecule has 0 saturated carbocycles. The van der Waals surface area contributed by atoms with Crippen molar-refractivity contribution < 1.29 is 19.5 Å². The minimum Gasteiger partial charge on any atom is -0.296 e. The number of hydrogen-bond acceptors (Lipinski definition) is 3. The van der Waals surface area contributed by atoms with Gasteiger partial charge in [0.1, 0.15) is 0 Å². The molecule has 0 atom stereocenters. The molecule has 1 radical (unpaired) electrons. The average molecular weight is 170 g/mol. The first-order valence-electron chi connectivity index (χ1n) is 3.22. The van der Waals surface area contributed by atoms with Crippen molar-refractivity contribution >= 4 is 17.8 Å². The lowest BCUT2D eigenvalue weighted by atomic mass is 10.4. The van der Waals surface area contributed by atoms with Crippen molar-refractivity contribution in [1.82, 2.24) is 5.32 Å². The third kappa shape index (κ3) is 5.16. The second-order valence-electron chi connectivity index (χ2n) is 1.99. The molecule has 1 N–H and O–H groups in total. The van der Waals surface area contributed by atoms with Gasteiger partial charge < -0.3 is 0 Å². The fourth-order valence-electron chi connectivity index (χ4n) is 0.508. The summed E-state index contributed by atoms with van der Waals surface area (Å²) in [4.78, 5) is 29.4. The summed E-state index contributed by atoms with van der Waals surface area (Å²) in [6, 6.07) is 0. The van der Waals surface area contributed by atoms with Gasteiger partial charge in [-0.05, 0) is 0 Å². The minimum absolute atomic E-state index is 0.148. The van der Waals surface area contributed by atoms with Crippen LogP contribution in [0.4, 0.5) is 0 Å². The molecule has 0 bridgehead atoms. The molecule has 1 heterocycles. The molecule has 0 spiro atoms. The summed E-state index contributed by atoms with van der Waals surface area (Å²) in [5, 5.41) is 11.3. The van der Waals surface area contributed by atoms with E-state index in [0.717, 1.165) is 6.08 Å². The monoisotopic (exact) mass is 170 g/mol. The zero-order valence-corrected chi connectivity index (χ0v) is 6.33. The van der Waals surface area contributed by atoms with E-state index < -0.39 is 5.97 Å². The van der Waals surface area contributed by atoms with Crippen LogP contribution in [0.25, 0.3) is 0 Å². The number of carbonyl (C=O) groups excluding carboxylic acids is 3. The van der Waals surface area contributed by atoms with Gasteiger partial charge in [-0.2, -0.15) is 0 Å². The normalized spacial score (nSPS) is 14.3. The van der Waals surface area contributed by atoms with Crippen LogP contribution in [0.1, 0.15) is 12.8 Å². The summed E-state index contributed by atoms with van der Waals surface area (Å²) in [6.45, 7) is 2.90. The van der Waals surface area contributed by atoms with Crippen molar-refractivity contribution in [3.63, 3.8) is 0 Å². The summed E-state index contributed by atoms with van der Waals surface area (Å²) in [5.74, 6) is -1.53. The maximum absolute atomic E-state index is 10.1. The molecule has 0 aromatic rings. The molecule has 0 aromatic heterocycles. The Bertz CT molecular complexity index is 207. The fraction of sp³-hybridized carbons (Fsp3) is 0.286. The van der Waals surface area contributed by atoms with Gasteiger partial charge in [0.25, 0.3) is 0 Å². The highest BCUT2D eigenvalue weighted by Gasteiger charge is 2.15. The third-order valence-corrected chi connectivity index (χ3v) is 1.02. The quantitative estimate of drug-likeness (QED) is 0.427. The van der Waals surface area contributed by atoms with Crippen LogP contribution in [-0.2, 0) is 19.5 Å².